The lowest BCUT2D eigenvalue weighted by molar-refractivity contribution is 0.287. The van der Waals surface area contributed by atoms with E-state index >= 15 is 0 Å². The van der Waals surface area contributed by atoms with Crippen molar-refractivity contribution in [2.45, 2.75) is 46.6 Å². The highest BCUT2D eigenvalue weighted by Crippen LogP contribution is 2.20. The summed E-state index contributed by atoms with van der Waals surface area (Å²) in [5.74, 6) is 0. The fourth-order valence-electron chi connectivity index (χ4n) is 2.49. The number of unbranched alkanes of at least 4 members (excludes halogenated alkanes) is 1. The molecule has 0 aromatic heterocycles. The van der Waals surface area contributed by atoms with Gasteiger partial charge in [-0.3, -0.25) is 0 Å². The lowest BCUT2D eigenvalue weighted by Crippen LogP contribution is -2.34. The third-order valence-electron chi connectivity index (χ3n) is 3.65. The molecule has 2 heteroatoms. The van der Waals surface area contributed by atoms with Crippen molar-refractivity contribution in [3.63, 3.8) is 0 Å². The van der Waals surface area contributed by atoms with Gasteiger partial charge in [-0.05, 0) is 51.5 Å². The Morgan fingerprint density at radius 3 is 2.58 bits per heavy atom. The summed E-state index contributed by atoms with van der Waals surface area (Å²) < 4.78 is 0. The lowest BCUT2D eigenvalue weighted by atomic mass is 9.98. The minimum Gasteiger partial charge on any atom is -0.309 e. The molecule has 1 atom stereocenters. The SMILES string of the molecule is CCCCN(C)CC(NCC)c1cc(C)ccc1C. The molecule has 1 aromatic rings. The van der Waals surface area contributed by atoms with Crippen molar-refractivity contribution in [2.75, 3.05) is 26.7 Å². The van der Waals surface area contributed by atoms with E-state index in [4.69, 9.17) is 0 Å². The molecule has 0 aliphatic heterocycles. The standard InChI is InChI=1S/C17H30N2/c1-6-8-11-19(5)13-17(18-7-2)16-12-14(3)9-10-15(16)4/h9-10,12,17-18H,6-8,11,13H2,1-5H3. The molecular weight excluding hydrogens is 232 g/mol. The molecule has 1 rings (SSSR count). The highest BCUT2D eigenvalue weighted by Gasteiger charge is 2.15. The molecule has 1 aromatic carbocycles. The summed E-state index contributed by atoms with van der Waals surface area (Å²) in [6.07, 6.45) is 2.54. The minimum absolute atomic E-state index is 0.437. The Balaban J connectivity index is 2.78. The highest BCUT2D eigenvalue weighted by molar-refractivity contribution is 5.33. The highest BCUT2D eigenvalue weighted by atomic mass is 15.1. The lowest BCUT2D eigenvalue weighted by Gasteiger charge is -2.26. The molecule has 0 aliphatic carbocycles. The number of aryl methyl sites for hydroxylation is 2. The van der Waals surface area contributed by atoms with Crippen LogP contribution in [0, 0.1) is 13.8 Å². The third-order valence-corrected chi connectivity index (χ3v) is 3.65. The van der Waals surface area contributed by atoms with Gasteiger partial charge < -0.3 is 10.2 Å². The van der Waals surface area contributed by atoms with E-state index in [2.05, 4.69) is 63.2 Å². The van der Waals surface area contributed by atoms with Gasteiger partial charge in [-0.25, -0.2) is 0 Å². The number of likely N-dealkylation sites (N-methyl/N-ethyl adjacent to an activating group) is 2. The summed E-state index contributed by atoms with van der Waals surface area (Å²) in [5.41, 5.74) is 4.19. The molecular formula is C17H30N2. The van der Waals surface area contributed by atoms with Crippen LogP contribution in [0.4, 0.5) is 0 Å². The van der Waals surface area contributed by atoms with Gasteiger partial charge in [-0.1, -0.05) is 44.0 Å². The second kappa shape index (κ2) is 8.34. The van der Waals surface area contributed by atoms with Crippen LogP contribution < -0.4 is 5.32 Å². The molecule has 1 unspecified atom stereocenters. The van der Waals surface area contributed by atoms with E-state index in [9.17, 15) is 0 Å². The second-order valence-electron chi connectivity index (χ2n) is 5.59. The molecule has 108 valence electrons. The zero-order chi connectivity index (χ0) is 14.3. The van der Waals surface area contributed by atoms with Crippen molar-refractivity contribution < 1.29 is 0 Å². The molecule has 0 amide bonds. The Kier molecular flexibility index (Phi) is 7.11. The molecule has 0 spiro atoms. The van der Waals surface area contributed by atoms with Gasteiger partial charge >= 0.3 is 0 Å². The first kappa shape index (κ1) is 16.2. The number of hydrogen-bond donors (Lipinski definition) is 1. The first-order chi connectivity index (χ1) is 9.08. The summed E-state index contributed by atoms with van der Waals surface area (Å²) in [5, 5.41) is 3.63. The van der Waals surface area contributed by atoms with Crippen LogP contribution in [-0.4, -0.2) is 31.6 Å². The van der Waals surface area contributed by atoms with Crippen molar-refractivity contribution in [3.05, 3.63) is 34.9 Å². The van der Waals surface area contributed by atoms with Gasteiger partial charge in [-0.2, -0.15) is 0 Å². The zero-order valence-electron chi connectivity index (χ0n) is 13.3. The fraction of sp³-hybridized carbons (Fsp3) is 0.647. The van der Waals surface area contributed by atoms with Gasteiger partial charge in [0.25, 0.3) is 0 Å². The average molecular weight is 262 g/mol. The number of rotatable bonds is 8. The van der Waals surface area contributed by atoms with Gasteiger partial charge in [0.05, 0.1) is 0 Å². The van der Waals surface area contributed by atoms with Crippen LogP contribution in [-0.2, 0) is 0 Å². The largest absolute Gasteiger partial charge is 0.309 e. The number of nitrogens with zero attached hydrogens (tertiary/aromatic N) is 1. The van der Waals surface area contributed by atoms with Gasteiger partial charge in [0, 0.05) is 12.6 Å². The van der Waals surface area contributed by atoms with E-state index in [0.717, 1.165) is 13.1 Å². The maximum atomic E-state index is 3.63. The first-order valence-electron chi connectivity index (χ1n) is 7.57. The maximum Gasteiger partial charge on any atom is 0.0451 e. The summed E-state index contributed by atoms with van der Waals surface area (Å²) in [6.45, 7) is 12.1. The van der Waals surface area contributed by atoms with Crippen molar-refractivity contribution in [1.82, 2.24) is 10.2 Å². The first-order valence-corrected chi connectivity index (χ1v) is 7.57. The van der Waals surface area contributed by atoms with Crippen molar-refractivity contribution in [3.8, 4) is 0 Å². The molecule has 0 saturated carbocycles. The zero-order valence-corrected chi connectivity index (χ0v) is 13.3. The molecule has 0 radical (unpaired) electrons. The Labute approximate surface area is 119 Å². The number of benzene rings is 1. The summed E-state index contributed by atoms with van der Waals surface area (Å²) in [6, 6.07) is 7.20. The van der Waals surface area contributed by atoms with Crippen LogP contribution in [0.1, 0.15) is 49.4 Å². The molecule has 1 N–H and O–H groups in total. The van der Waals surface area contributed by atoms with E-state index in [1.54, 1.807) is 0 Å². The predicted octanol–water partition coefficient (Wildman–Crippen LogP) is 3.69. The third kappa shape index (κ3) is 5.33. The molecule has 0 saturated heterocycles. The van der Waals surface area contributed by atoms with Crippen LogP contribution in [0.25, 0.3) is 0 Å². The summed E-state index contributed by atoms with van der Waals surface area (Å²) in [4.78, 5) is 2.44. The number of nitrogens with one attached hydrogen (secondary N) is 1. The predicted molar refractivity (Wildman–Crippen MR) is 84.7 cm³/mol. The normalized spacial score (nSPS) is 12.9. The molecule has 19 heavy (non-hydrogen) atoms. The van der Waals surface area contributed by atoms with Crippen LogP contribution in [0.2, 0.25) is 0 Å². The van der Waals surface area contributed by atoms with Crippen molar-refractivity contribution >= 4 is 0 Å². The van der Waals surface area contributed by atoms with E-state index in [1.165, 1.54) is 36.1 Å². The van der Waals surface area contributed by atoms with Crippen LogP contribution in [0.3, 0.4) is 0 Å². The topological polar surface area (TPSA) is 15.3 Å². The summed E-state index contributed by atoms with van der Waals surface area (Å²) in [7, 11) is 2.23. The van der Waals surface area contributed by atoms with Crippen LogP contribution in [0.15, 0.2) is 18.2 Å². The van der Waals surface area contributed by atoms with E-state index in [-0.39, 0.29) is 0 Å². The van der Waals surface area contributed by atoms with E-state index in [1.807, 2.05) is 0 Å². The Morgan fingerprint density at radius 1 is 1.21 bits per heavy atom. The molecule has 0 aliphatic rings. The fourth-order valence-corrected chi connectivity index (χ4v) is 2.49. The van der Waals surface area contributed by atoms with Crippen LogP contribution >= 0.6 is 0 Å². The van der Waals surface area contributed by atoms with Gasteiger partial charge in [0.1, 0.15) is 0 Å². The summed E-state index contributed by atoms with van der Waals surface area (Å²) >= 11 is 0. The second-order valence-corrected chi connectivity index (χ2v) is 5.59. The Morgan fingerprint density at radius 2 is 1.95 bits per heavy atom. The Hall–Kier alpha value is -0.860. The van der Waals surface area contributed by atoms with Gasteiger partial charge in [-0.15, -0.1) is 0 Å². The van der Waals surface area contributed by atoms with Gasteiger partial charge in [0.2, 0.25) is 0 Å². The van der Waals surface area contributed by atoms with E-state index < -0.39 is 0 Å². The Bertz CT molecular complexity index is 374. The molecule has 0 bridgehead atoms. The number of hydrogen-bond acceptors (Lipinski definition) is 2. The van der Waals surface area contributed by atoms with Crippen molar-refractivity contribution in [1.29, 1.82) is 0 Å². The molecule has 0 heterocycles. The molecule has 0 fully saturated rings. The minimum atomic E-state index is 0.437. The van der Waals surface area contributed by atoms with Crippen LogP contribution in [0.5, 0.6) is 0 Å². The average Bonchev–Trinajstić information content (AvgIpc) is 2.38. The maximum absolute atomic E-state index is 3.63. The van der Waals surface area contributed by atoms with Gasteiger partial charge in [0.15, 0.2) is 0 Å². The molecule has 2 nitrogen and oxygen atoms in total. The monoisotopic (exact) mass is 262 g/mol. The quantitative estimate of drug-likeness (QED) is 0.768. The van der Waals surface area contributed by atoms with E-state index in [0.29, 0.717) is 6.04 Å². The van der Waals surface area contributed by atoms with Crippen molar-refractivity contribution in [2.24, 2.45) is 0 Å². The smallest absolute Gasteiger partial charge is 0.0451 e.